The van der Waals surface area contributed by atoms with Crippen molar-refractivity contribution in [3.63, 3.8) is 0 Å². The number of rotatable bonds is 2. The first-order chi connectivity index (χ1) is 8.56. The number of nitrogens with zero attached hydrogens (tertiary/aromatic N) is 2. The molecule has 92 valence electrons. The van der Waals surface area contributed by atoms with E-state index in [-0.39, 0.29) is 16.2 Å². The maximum Gasteiger partial charge on any atom is 0.264 e. The smallest absolute Gasteiger partial charge is 0.264 e. The van der Waals surface area contributed by atoms with Crippen LogP contribution in [0.4, 0.5) is 5.82 Å². The summed E-state index contributed by atoms with van der Waals surface area (Å²) in [5.74, 6) is 0.136. The van der Waals surface area contributed by atoms with Gasteiger partial charge in [0.2, 0.25) is 5.88 Å². The molecule has 0 bridgehead atoms. The van der Waals surface area contributed by atoms with Crippen molar-refractivity contribution >= 4 is 24.3 Å². The molecule has 0 amide bonds. The Morgan fingerprint density at radius 1 is 1.44 bits per heavy atom. The van der Waals surface area contributed by atoms with Crippen molar-refractivity contribution in [1.82, 2.24) is 15.0 Å². The normalized spacial score (nSPS) is 10.9. The van der Waals surface area contributed by atoms with Crippen molar-refractivity contribution in [3.05, 3.63) is 44.6 Å². The van der Waals surface area contributed by atoms with Gasteiger partial charge in [0.25, 0.3) is 5.56 Å². The maximum absolute atomic E-state index is 11.5. The SMILES string of the molecule is Cc1cccc(N=Cc2c(O)[nH]c(=S)[nH]c2=O)n1. The van der Waals surface area contributed by atoms with E-state index in [0.29, 0.717) is 5.82 Å². The lowest BCUT2D eigenvalue weighted by Crippen LogP contribution is -2.13. The highest BCUT2D eigenvalue weighted by molar-refractivity contribution is 7.71. The second kappa shape index (κ2) is 4.92. The van der Waals surface area contributed by atoms with E-state index in [9.17, 15) is 9.90 Å². The van der Waals surface area contributed by atoms with E-state index in [1.807, 2.05) is 13.0 Å². The molecule has 0 fully saturated rings. The lowest BCUT2D eigenvalue weighted by atomic mass is 10.3. The van der Waals surface area contributed by atoms with Gasteiger partial charge in [-0.15, -0.1) is 0 Å². The number of hydrogen-bond donors (Lipinski definition) is 3. The molecule has 2 rings (SSSR count). The van der Waals surface area contributed by atoms with E-state index < -0.39 is 5.56 Å². The van der Waals surface area contributed by atoms with Crippen LogP contribution < -0.4 is 5.56 Å². The molecular weight excluding hydrogens is 252 g/mol. The third-order valence-corrected chi connectivity index (χ3v) is 2.36. The van der Waals surface area contributed by atoms with Crippen molar-refractivity contribution in [3.8, 4) is 5.88 Å². The molecule has 7 heteroatoms. The molecule has 0 unspecified atom stereocenters. The van der Waals surface area contributed by atoms with Gasteiger partial charge in [0, 0.05) is 11.9 Å². The summed E-state index contributed by atoms with van der Waals surface area (Å²) in [5.41, 5.74) is 0.315. The summed E-state index contributed by atoms with van der Waals surface area (Å²) in [6, 6.07) is 5.33. The number of nitrogens with one attached hydrogen (secondary N) is 2. The number of aromatic nitrogens is 3. The van der Waals surface area contributed by atoms with Gasteiger partial charge >= 0.3 is 0 Å². The minimum atomic E-state index is -0.507. The molecule has 0 atom stereocenters. The molecule has 0 saturated carbocycles. The summed E-state index contributed by atoms with van der Waals surface area (Å²) in [5, 5.41) is 9.55. The Kier molecular flexibility index (Phi) is 3.33. The summed E-state index contributed by atoms with van der Waals surface area (Å²) in [7, 11) is 0. The minimum absolute atomic E-state index is 0.00639. The van der Waals surface area contributed by atoms with Gasteiger partial charge in [-0.05, 0) is 31.3 Å². The molecule has 2 aromatic heterocycles. The van der Waals surface area contributed by atoms with Crippen LogP contribution in [0, 0.1) is 11.7 Å². The summed E-state index contributed by atoms with van der Waals surface area (Å²) in [6.45, 7) is 1.84. The summed E-state index contributed by atoms with van der Waals surface area (Å²) in [4.78, 5) is 24.5. The van der Waals surface area contributed by atoms with Crippen molar-refractivity contribution in [2.45, 2.75) is 6.92 Å². The summed E-state index contributed by atoms with van der Waals surface area (Å²) < 4.78 is 0.0586. The first-order valence-corrected chi connectivity index (χ1v) is 5.50. The first kappa shape index (κ1) is 12.2. The van der Waals surface area contributed by atoms with Crippen LogP contribution in [0.1, 0.15) is 11.3 Å². The number of aromatic hydroxyl groups is 1. The van der Waals surface area contributed by atoms with Crippen LogP contribution in [-0.4, -0.2) is 26.3 Å². The van der Waals surface area contributed by atoms with E-state index in [1.54, 1.807) is 12.1 Å². The number of pyridine rings is 1. The first-order valence-electron chi connectivity index (χ1n) is 5.09. The van der Waals surface area contributed by atoms with Crippen LogP contribution in [0.5, 0.6) is 5.88 Å². The zero-order valence-corrected chi connectivity index (χ0v) is 10.3. The Bertz CT molecular complexity index is 717. The van der Waals surface area contributed by atoms with Crippen LogP contribution >= 0.6 is 12.2 Å². The number of H-pyrrole nitrogens is 2. The van der Waals surface area contributed by atoms with Crippen molar-refractivity contribution in [1.29, 1.82) is 0 Å². The molecule has 0 aliphatic heterocycles. The van der Waals surface area contributed by atoms with Gasteiger partial charge in [-0.25, -0.2) is 9.98 Å². The van der Waals surface area contributed by atoms with Gasteiger partial charge in [0.15, 0.2) is 10.6 Å². The largest absolute Gasteiger partial charge is 0.494 e. The fraction of sp³-hybridized carbons (Fsp3) is 0.0909. The van der Waals surface area contributed by atoms with Crippen molar-refractivity contribution in [2.75, 3.05) is 0 Å². The van der Waals surface area contributed by atoms with Gasteiger partial charge in [0.1, 0.15) is 5.56 Å². The summed E-state index contributed by atoms with van der Waals surface area (Å²) >= 11 is 4.71. The Morgan fingerprint density at radius 2 is 2.22 bits per heavy atom. The molecular formula is C11H10N4O2S. The quantitative estimate of drug-likeness (QED) is 0.566. The summed E-state index contributed by atoms with van der Waals surface area (Å²) in [6.07, 6.45) is 1.24. The molecule has 2 heterocycles. The molecule has 3 N–H and O–H groups in total. The molecule has 0 aromatic carbocycles. The van der Waals surface area contributed by atoms with Gasteiger partial charge < -0.3 is 10.1 Å². The molecule has 0 saturated heterocycles. The minimum Gasteiger partial charge on any atom is -0.494 e. The lowest BCUT2D eigenvalue weighted by molar-refractivity contribution is 0.449. The number of aryl methyl sites for hydroxylation is 1. The molecule has 0 radical (unpaired) electrons. The Hall–Kier alpha value is -2.28. The zero-order valence-electron chi connectivity index (χ0n) is 9.47. The molecule has 0 aliphatic rings. The average Bonchev–Trinajstić information content (AvgIpc) is 2.27. The fourth-order valence-corrected chi connectivity index (χ4v) is 1.52. The fourth-order valence-electron chi connectivity index (χ4n) is 1.34. The third kappa shape index (κ3) is 2.69. The van der Waals surface area contributed by atoms with E-state index in [0.717, 1.165) is 5.69 Å². The highest BCUT2D eigenvalue weighted by Gasteiger charge is 2.04. The van der Waals surface area contributed by atoms with Gasteiger partial charge in [-0.3, -0.25) is 9.78 Å². The van der Waals surface area contributed by atoms with Crippen LogP contribution in [0.15, 0.2) is 28.0 Å². The Balaban J connectivity index is 2.41. The molecule has 0 aliphatic carbocycles. The standard InChI is InChI=1S/C11H10N4O2S/c1-6-3-2-4-8(13-6)12-5-7-9(16)14-11(18)15-10(7)17/h2-5H,1H3,(H3,14,15,16,17,18). The van der Waals surface area contributed by atoms with Crippen LogP contribution in [0.25, 0.3) is 0 Å². The number of hydrogen-bond acceptors (Lipinski definition) is 5. The zero-order chi connectivity index (χ0) is 13.1. The third-order valence-electron chi connectivity index (χ3n) is 2.16. The van der Waals surface area contributed by atoms with Gasteiger partial charge in [-0.1, -0.05) is 6.07 Å². The highest BCUT2D eigenvalue weighted by atomic mass is 32.1. The topological polar surface area (TPSA) is 94.1 Å². The van der Waals surface area contributed by atoms with E-state index in [4.69, 9.17) is 12.2 Å². The highest BCUT2D eigenvalue weighted by Crippen LogP contribution is 2.10. The Labute approximate surface area is 107 Å². The number of aromatic amines is 2. The van der Waals surface area contributed by atoms with Crippen LogP contribution in [0.2, 0.25) is 0 Å². The average molecular weight is 262 g/mol. The number of aliphatic imine (C=N–C) groups is 1. The van der Waals surface area contributed by atoms with Crippen molar-refractivity contribution in [2.24, 2.45) is 4.99 Å². The second-order valence-corrected chi connectivity index (χ2v) is 3.97. The monoisotopic (exact) mass is 262 g/mol. The predicted octanol–water partition coefficient (Wildman–Crippen LogP) is 1.59. The van der Waals surface area contributed by atoms with Crippen LogP contribution in [0.3, 0.4) is 0 Å². The van der Waals surface area contributed by atoms with Gasteiger partial charge in [0.05, 0.1) is 0 Å². The second-order valence-electron chi connectivity index (χ2n) is 3.57. The predicted molar refractivity (Wildman–Crippen MR) is 70.1 cm³/mol. The van der Waals surface area contributed by atoms with Gasteiger partial charge in [-0.2, -0.15) is 0 Å². The van der Waals surface area contributed by atoms with Crippen LogP contribution in [-0.2, 0) is 0 Å². The molecule has 0 spiro atoms. The van der Waals surface area contributed by atoms with E-state index in [2.05, 4.69) is 19.9 Å². The molecule has 18 heavy (non-hydrogen) atoms. The Morgan fingerprint density at radius 3 is 2.89 bits per heavy atom. The van der Waals surface area contributed by atoms with E-state index >= 15 is 0 Å². The maximum atomic E-state index is 11.5. The lowest BCUT2D eigenvalue weighted by Gasteiger charge is -1.97. The molecule has 2 aromatic rings. The van der Waals surface area contributed by atoms with Crippen molar-refractivity contribution < 1.29 is 5.11 Å². The van der Waals surface area contributed by atoms with E-state index in [1.165, 1.54) is 6.21 Å². The molecule has 6 nitrogen and oxygen atoms in total.